The highest BCUT2D eigenvalue weighted by Crippen LogP contribution is 2.29. The van der Waals surface area contributed by atoms with E-state index in [9.17, 15) is 14.4 Å². The van der Waals surface area contributed by atoms with E-state index in [2.05, 4.69) is 5.32 Å². The number of carbonyl (C=O) groups excluding carboxylic acids is 3. The molecule has 1 heterocycles. The lowest BCUT2D eigenvalue weighted by molar-refractivity contribution is -0.129. The van der Waals surface area contributed by atoms with Crippen molar-refractivity contribution in [1.29, 1.82) is 0 Å². The van der Waals surface area contributed by atoms with Crippen LogP contribution in [-0.2, 0) is 20.7 Å². The molecule has 0 saturated carbocycles. The van der Waals surface area contributed by atoms with Gasteiger partial charge in [-0.15, -0.1) is 11.3 Å². The fraction of sp³-hybridized carbons (Fsp3) is 0.318. The summed E-state index contributed by atoms with van der Waals surface area (Å²) in [5.41, 5.74) is 1.14. The smallest absolute Gasteiger partial charge is 0.341 e. The summed E-state index contributed by atoms with van der Waals surface area (Å²) in [6.45, 7) is 3.79. The Morgan fingerprint density at radius 3 is 2.63 bits per heavy atom. The number of hydrogen-bond acceptors (Lipinski definition) is 6. The molecule has 0 unspecified atom stereocenters. The number of esters is 1. The van der Waals surface area contributed by atoms with Gasteiger partial charge >= 0.3 is 5.97 Å². The number of anilines is 1. The molecule has 1 N–H and O–H groups in total. The Kier molecular flexibility index (Phi) is 8.61. The predicted octanol–water partition coefficient (Wildman–Crippen LogP) is 3.61. The molecule has 0 spiro atoms. The van der Waals surface area contributed by atoms with Gasteiger partial charge in [0.15, 0.2) is 0 Å². The van der Waals surface area contributed by atoms with Gasteiger partial charge in [-0.2, -0.15) is 0 Å². The van der Waals surface area contributed by atoms with Gasteiger partial charge in [0.05, 0.1) is 25.8 Å². The number of amides is 2. The monoisotopic (exact) mass is 430 g/mol. The summed E-state index contributed by atoms with van der Waals surface area (Å²) in [5.74, 6) is -0.499. The number of rotatable bonds is 9. The van der Waals surface area contributed by atoms with Crippen LogP contribution < -0.4 is 10.1 Å². The number of likely N-dealkylation sites (N-methyl/N-ethyl adjacent to an activating group) is 1. The van der Waals surface area contributed by atoms with E-state index in [0.717, 1.165) is 16.9 Å². The molecule has 8 heteroatoms. The minimum absolute atomic E-state index is 0.150. The van der Waals surface area contributed by atoms with E-state index in [-0.39, 0.29) is 19.1 Å². The van der Waals surface area contributed by atoms with Crippen molar-refractivity contribution in [3.63, 3.8) is 0 Å². The quantitative estimate of drug-likeness (QED) is 0.485. The SMILES string of the molecule is CCOC(=O)c1cc(CC)sc1NC(=O)CN(C)C(=O)/C=C/c1cccc(OC)c1. The molecule has 0 aliphatic rings. The Balaban J connectivity index is 2.00. The lowest BCUT2D eigenvalue weighted by atomic mass is 10.2. The van der Waals surface area contributed by atoms with Crippen LogP contribution in [0.2, 0.25) is 0 Å². The molecule has 0 bridgehead atoms. The number of aryl methyl sites for hydroxylation is 1. The molecule has 0 radical (unpaired) electrons. The number of carbonyl (C=O) groups is 3. The second kappa shape index (κ2) is 11.2. The third kappa shape index (κ3) is 6.45. The van der Waals surface area contributed by atoms with Crippen LogP contribution in [0, 0.1) is 0 Å². The van der Waals surface area contributed by atoms with Crippen molar-refractivity contribution in [3.05, 3.63) is 52.4 Å². The van der Waals surface area contributed by atoms with Crippen molar-refractivity contribution >= 4 is 40.2 Å². The van der Waals surface area contributed by atoms with E-state index in [1.54, 1.807) is 32.2 Å². The van der Waals surface area contributed by atoms with Crippen LogP contribution >= 0.6 is 11.3 Å². The lowest BCUT2D eigenvalue weighted by Gasteiger charge is -2.14. The van der Waals surface area contributed by atoms with Crippen LogP contribution in [0.15, 0.2) is 36.4 Å². The first kappa shape index (κ1) is 23.2. The third-order valence-electron chi connectivity index (χ3n) is 4.15. The highest BCUT2D eigenvalue weighted by atomic mass is 32.1. The Hall–Kier alpha value is -3.13. The molecule has 7 nitrogen and oxygen atoms in total. The number of methoxy groups -OCH3 is 1. The van der Waals surface area contributed by atoms with Crippen LogP contribution in [0.25, 0.3) is 6.08 Å². The van der Waals surface area contributed by atoms with Crippen LogP contribution in [0.3, 0.4) is 0 Å². The van der Waals surface area contributed by atoms with Crippen molar-refractivity contribution in [2.75, 3.05) is 32.6 Å². The lowest BCUT2D eigenvalue weighted by Crippen LogP contribution is -2.34. The first-order valence-corrected chi connectivity index (χ1v) is 10.4. The average Bonchev–Trinajstić information content (AvgIpc) is 3.15. The molecule has 0 aliphatic heterocycles. The molecular formula is C22H26N2O5S. The van der Waals surface area contributed by atoms with Gasteiger partial charge in [0.1, 0.15) is 10.8 Å². The second-order valence-electron chi connectivity index (χ2n) is 6.38. The average molecular weight is 431 g/mol. The molecule has 0 aliphatic carbocycles. The van der Waals surface area contributed by atoms with Crippen molar-refractivity contribution in [2.45, 2.75) is 20.3 Å². The molecule has 0 saturated heterocycles. The van der Waals surface area contributed by atoms with Gasteiger partial charge in [-0.25, -0.2) is 4.79 Å². The van der Waals surface area contributed by atoms with Crippen LogP contribution in [-0.4, -0.2) is 50.0 Å². The summed E-state index contributed by atoms with van der Waals surface area (Å²) >= 11 is 1.33. The number of thiophene rings is 1. The normalized spacial score (nSPS) is 10.7. The molecular weight excluding hydrogens is 404 g/mol. The second-order valence-corrected chi connectivity index (χ2v) is 7.52. The van der Waals surface area contributed by atoms with E-state index in [1.807, 2.05) is 25.1 Å². The number of ether oxygens (including phenoxy) is 2. The van der Waals surface area contributed by atoms with Crippen molar-refractivity contribution in [2.24, 2.45) is 0 Å². The maximum absolute atomic E-state index is 12.4. The number of hydrogen-bond donors (Lipinski definition) is 1. The Labute approximate surface area is 180 Å². The van der Waals surface area contributed by atoms with E-state index in [0.29, 0.717) is 16.3 Å². The zero-order chi connectivity index (χ0) is 22.1. The standard InChI is InChI=1S/C22H26N2O5S/c1-5-17-13-18(22(27)29-6-2)21(30-17)23-19(25)14-24(3)20(26)11-10-15-8-7-9-16(12-15)28-4/h7-13H,5-6,14H2,1-4H3,(H,23,25)/b11-10+. The predicted molar refractivity (Wildman–Crippen MR) is 118 cm³/mol. The molecule has 30 heavy (non-hydrogen) atoms. The number of benzene rings is 1. The topological polar surface area (TPSA) is 84.9 Å². The maximum atomic E-state index is 12.4. The molecule has 2 rings (SSSR count). The van der Waals surface area contributed by atoms with E-state index >= 15 is 0 Å². The summed E-state index contributed by atoms with van der Waals surface area (Å²) in [6.07, 6.45) is 3.79. The zero-order valence-corrected chi connectivity index (χ0v) is 18.4. The summed E-state index contributed by atoms with van der Waals surface area (Å²) in [4.78, 5) is 39.1. The molecule has 0 atom stereocenters. The summed E-state index contributed by atoms with van der Waals surface area (Å²) in [5, 5.41) is 3.16. The zero-order valence-electron chi connectivity index (χ0n) is 17.6. The molecule has 160 valence electrons. The van der Waals surface area contributed by atoms with Gasteiger partial charge in [-0.1, -0.05) is 19.1 Å². The molecule has 1 aromatic carbocycles. The van der Waals surface area contributed by atoms with E-state index in [4.69, 9.17) is 9.47 Å². The molecule has 1 aromatic heterocycles. The van der Waals surface area contributed by atoms with E-state index in [1.165, 1.54) is 29.4 Å². The van der Waals surface area contributed by atoms with Crippen LogP contribution in [0.4, 0.5) is 5.00 Å². The molecule has 2 amide bonds. The van der Waals surface area contributed by atoms with Gasteiger partial charge in [0.25, 0.3) is 0 Å². The van der Waals surface area contributed by atoms with Gasteiger partial charge < -0.3 is 19.7 Å². The third-order valence-corrected chi connectivity index (χ3v) is 5.34. The summed E-state index contributed by atoms with van der Waals surface area (Å²) < 4.78 is 10.2. The van der Waals surface area contributed by atoms with Gasteiger partial charge in [-0.3, -0.25) is 9.59 Å². The fourth-order valence-electron chi connectivity index (χ4n) is 2.57. The van der Waals surface area contributed by atoms with Crippen LogP contribution in [0.1, 0.15) is 34.6 Å². The number of nitrogens with one attached hydrogen (secondary N) is 1. The minimum atomic E-state index is -0.477. The highest BCUT2D eigenvalue weighted by molar-refractivity contribution is 7.16. The molecule has 2 aromatic rings. The first-order chi connectivity index (χ1) is 14.4. The Bertz CT molecular complexity index is 935. The van der Waals surface area contributed by atoms with Crippen molar-refractivity contribution in [3.8, 4) is 5.75 Å². The van der Waals surface area contributed by atoms with Crippen molar-refractivity contribution < 1.29 is 23.9 Å². The Morgan fingerprint density at radius 2 is 1.97 bits per heavy atom. The van der Waals surface area contributed by atoms with Gasteiger partial charge in [-0.05, 0) is 43.2 Å². The van der Waals surface area contributed by atoms with Gasteiger partial charge in [0.2, 0.25) is 11.8 Å². The first-order valence-electron chi connectivity index (χ1n) is 9.54. The highest BCUT2D eigenvalue weighted by Gasteiger charge is 2.19. The fourth-order valence-corrected chi connectivity index (χ4v) is 3.57. The number of nitrogens with zero attached hydrogens (tertiary/aromatic N) is 1. The Morgan fingerprint density at radius 1 is 1.20 bits per heavy atom. The van der Waals surface area contributed by atoms with E-state index < -0.39 is 11.9 Å². The molecule has 0 fully saturated rings. The largest absolute Gasteiger partial charge is 0.497 e. The van der Waals surface area contributed by atoms with Crippen molar-refractivity contribution in [1.82, 2.24) is 4.90 Å². The summed E-state index contributed by atoms with van der Waals surface area (Å²) in [7, 11) is 3.11. The minimum Gasteiger partial charge on any atom is -0.497 e. The maximum Gasteiger partial charge on any atom is 0.341 e. The van der Waals surface area contributed by atoms with Crippen LogP contribution in [0.5, 0.6) is 5.75 Å². The van der Waals surface area contributed by atoms with Gasteiger partial charge in [0, 0.05) is 18.0 Å². The summed E-state index contributed by atoms with van der Waals surface area (Å²) in [6, 6.07) is 9.01.